The normalized spacial score (nSPS) is 10.2. The third-order valence-corrected chi connectivity index (χ3v) is 4.10. The molecule has 2 rings (SSSR count). The van der Waals surface area contributed by atoms with Crippen molar-refractivity contribution in [2.75, 3.05) is 26.9 Å². The molecule has 0 aliphatic heterocycles. The fraction of sp³-hybridized carbons (Fsp3) is 0.333. The van der Waals surface area contributed by atoms with Gasteiger partial charge in [-0.3, -0.25) is 14.9 Å². The molecular weight excluding hydrogens is 392 g/mol. The Kier molecular flexibility index (Phi) is 8.16. The summed E-state index contributed by atoms with van der Waals surface area (Å²) in [5, 5.41) is 11.2. The van der Waals surface area contributed by atoms with Gasteiger partial charge in [-0.2, -0.15) is 0 Å². The van der Waals surface area contributed by atoms with Gasteiger partial charge in [0.2, 0.25) is 0 Å². The number of carbonyl (C=O) groups excluding carboxylic acids is 2. The van der Waals surface area contributed by atoms with Crippen LogP contribution >= 0.6 is 0 Å². The second-order valence-corrected chi connectivity index (χ2v) is 6.28. The lowest BCUT2D eigenvalue weighted by Crippen LogP contribution is -2.30. The van der Waals surface area contributed by atoms with E-state index in [0.717, 1.165) is 17.4 Å². The van der Waals surface area contributed by atoms with Crippen molar-refractivity contribution < 1.29 is 28.7 Å². The molecule has 0 fully saturated rings. The summed E-state index contributed by atoms with van der Waals surface area (Å²) in [6, 6.07) is 11.1. The van der Waals surface area contributed by atoms with Crippen molar-refractivity contribution in [1.29, 1.82) is 0 Å². The average Bonchev–Trinajstić information content (AvgIpc) is 2.73. The summed E-state index contributed by atoms with van der Waals surface area (Å²) >= 11 is 0. The molecule has 0 spiro atoms. The van der Waals surface area contributed by atoms with E-state index >= 15 is 0 Å². The predicted octanol–water partition coefficient (Wildman–Crippen LogP) is 3.21. The zero-order valence-corrected chi connectivity index (χ0v) is 17.1. The van der Waals surface area contributed by atoms with E-state index in [2.05, 4.69) is 0 Å². The molecule has 160 valence electrons. The SMILES string of the molecule is CCOc1ccc(CN(C)C(=O)COC(=O)c2ccc(OCC)c([N+](=O)[O-])c2)cc1. The maximum absolute atomic E-state index is 12.3. The maximum Gasteiger partial charge on any atom is 0.338 e. The van der Waals surface area contributed by atoms with Gasteiger partial charge in [0.25, 0.3) is 5.91 Å². The van der Waals surface area contributed by atoms with Crippen molar-refractivity contribution in [3.8, 4) is 11.5 Å². The molecule has 0 aliphatic rings. The van der Waals surface area contributed by atoms with E-state index in [1.165, 1.54) is 17.0 Å². The molecule has 0 unspecified atom stereocenters. The van der Waals surface area contributed by atoms with Gasteiger partial charge < -0.3 is 19.1 Å². The van der Waals surface area contributed by atoms with Crippen LogP contribution < -0.4 is 9.47 Å². The first-order valence-corrected chi connectivity index (χ1v) is 9.39. The van der Waals surface area contributed by atoms with Gasteiger partial charge in [0.05, 0.1) is 23.7 Å². The summed E-state index contributed by atoms with van der Waals surface area (Å²) in [4.78, 5) is 36.4. The van der Waals surface area contributed by atoms with E-state index in [-0.39, 0.29) is 23.6 Å². The van der Waals surface area contributed by atoms with Crippen LogP contribution in [0.2, 0.25) is 0 Å². The third-order valence-electron chi connectivity index (χ3n) is 4.10. The van der Waals surface area contributed by atoms with Crippen LogP contribution in [0.25, 0.3) is 0 Å². The lowest BCUT2D eigenvalue weighted by Gasteiger charge is -2.17. The maximum atomic E-state index is 12.3. The number of likely N-dealkylation sites (N-methyl/N-ethyl adjacent to an activating group) is 1. The molecule has 0 atom stereocenters. The molecule has 0 heterocycles. The number of hydrogen-bond donors (Lipinski definition) is 0. The van der Waals surface area contributed by atoms with Crippen LogP contribution in [-0.2, 0) is 16.1 Å². The average molecular weight is 416 g/mol. The summed E-state index contributed by atoms with van der Waals surface area (Å²) in [6.07, 6.45) is 0. The number of carbonyl (C=O) groups is 2. The number of rotatable bonds is 10. The Morgan fingerprint density at radius 3 is 2.30 bits per heavy atom. The number of nitro benzene ring substituents is 1. The van der Waals surface area contributed by atoms with E-state index < -0.39 is 23.4 Å². The van der Waals surface area contributed by atoms with Crippen molar-refractivity contribution in [3.63, 3.8) is 0 Å². The quantitative estimate of drug-likeness (QED) is 0.332. The van der Waals surface area contributed by atoms with Gasteiger partial charge in [0, 0.05) is 19.7 Å². The highest BCUT2D eigenvalue weighted by Crippen LogP contribution is 2.28. The molecule has 9 heteroatoms. The predicted molar refractivity (Wildman–Crippen MR) is 109 cm³/mol. The van der Waals surface area contributed by atoms with Crippen molar-refractivity contribution in [3.05, 3.63) is 63.7 Å². The number of nitro groups is 1. The van der Waals surface area contributed by atoms with E-state index in [1.54, 1.807) is 14.0 Å². The number of ether oxygens (including phenoxy) is 3. The van der Waals surface area contributed by atoms with E-state index in [1.807, 2.05) is 31.2 Å². The Morgan fingerprint density at radius 1 is 1.03 bits per heavy atom. The monoisotopic (exact) mass is 416 g/mol. The fourth-order valence-electron chi connectivity index (χ4n) is 2.61. The Balaban J connectivity index is 1.94. The number of nitrogens with zero attached hydrogens (tertiary/aromatic N) is 2. The second kappa shape index (κ2) is 10.8. The highest BCUT2D eigenvalue weighted by Gasteiger charge is 2.20. The first-order valence-electron chi connectivity index (χ1n) is 9.39. The topological polar surface area (TPSA) is 108 Å². The molecule has 2 aromatic rings. The molecule has 0 radical (unpaired) electrons. The van der Waals surface area contributed by atoms with Crippen LogP contribution in [0.4, 0.5) is 5.69 Å². The molecule has 2 aromatic carbocycles. The molecule has 0 bridgehead atoms. The van der Waals surface area contributed by atoms with Crippen LogP contribution in [0, 0.1) is 10.1 Å². The van der Waals surface area contributed by atoms with Crippen molar-refractivity contribution in [2.24, 2.45) is 0 Å². The smallest absolute Gasteiger partial charge is 0.338 e. The molecule has 0 aromatic heterocycles. The first-order chi connectivity index (χ1) is 14.3. The largest absolute Gasteiger partial charge is 0.494 e. The van der Waals surface area contributed by atoms with Gasteiger partial charge in [0.1, 0.15) is 5.75 Å². The number of benzene rings is 2. The van der Waals surface area contributed by atoms with Crippen LogP contribution in [0.3, 0.4) is 0 Å². The van der Waals surface area contributed by atoms with E-state index in [0.29, 0.717) is 13.2 Å². The minimum atomic E-state index is -0.830. The minimum Gasteiger partial charge on any atom is -0.494 e. The van der Waals surface area contributed by atoms with Gasteiger partial charge in [-0.1, -0.05) is 12.1 Å². The lowest BCUT2D eigenvalue weighted by molar-refractivity contribution is -0.385. The molecule has 30 heavy (non-hydrogen) atoms. The summed E-state index contributed by atoms with van der Waals surface area (Å²) in [6.45, 7) is 4.26. The molecule has 0 saturated heterocycles. The zero-order chi connectivity index (χ0) is 22.1. The third kappa shape index (κ3) is 6.20. The molecule has 1 amide bonds. The molecular formula is C21H24N2O7. The van der Waals surface area contributed by atoms with Gasteiger partial charge in [-0.15, -0.1) is 0 Å². The van der Waals surface area contributed by atoms with Crippen molar-refractivity contribution in [2.45, 2.75) is 20.4 Å². The molecule has 0 aliphatic carbocycles. The van der Waals surface area contributed by atoms with Crippen LogP contribution in [0.5, 0.6) is 11.5 Å². The summed E-state index contributed by atoms with van der Waals surface area (Å²) in [7, 11) is 1.59. The number of hydrogen-bond acceptors (Lipinski definition) is 7. The highest BCUT2D eigenvalue weighted by molar-refractivity contribution is 5.92. The Labute approximate surface area is 174 Å². The zero-order valence-electron chi connectivity index (χ0n) is 17.1. The number of amides is 1. The highest BCUT2D eigenvalue weighted by atomic mass is 16.6. The van der Waals surface area contributed by atoms with Crippen LogP contribution in [-0.4, -0.2) is 48.6 Å². The van der Waals surface area contributed by atoms with Gasteiger partial charge in [0.15, 0.2) is 12.4 Å². The Bertz CT molecular complexity index is 897. The lowest BCUT2D eigenvalue weighted by atomic mass is 10.2. The second-order valence-electron chi connectivity index (χ2n) is 6.28. The molecule has 0 saturated carbocycles. The fourth-order valence-corrected chi connectivity index (χ4v) is 2.61. The minimum absolute atomic E-state index is 0.0351. The first kappa shape index (κ1) is 22.7. The van der Waals surface area contributed by atoms with Crippen LogP contribution in [0.15, 0.2) is 42.5 Å². The standard InChI is InChI=1S/C21H24N2O7/c1-4-28-17-9-6-15(7-10-17)13-22(3)20(24)14-30-21(25)16-8-11-19(29-5-2)18(12-16)23(26)27/h6-12H,4-5,13-14H2,1-3H3. The van der Waals surface area contributed by atoms with Crippen molar-refractivity contribution in [1.82, 2.24) is 4.90 Å². The van der Waals surface area contributed by atoms with E-state index in [9.17, 15) is 19.7 Å². The van der Waals surface area contributed by atoms with Crippen molar-refractivity contribution >= 4 is 17.6 Å². The Hall–Kier alpha value is -3.62. The Morgan fingerprint density at radius 2 is 1.70 bits per heavy atom. The van der Waals surface area contributed by atoms with Gasteiger partial charge >= 0.3 is 11.7 Å². The summed E-state index contributed by atoms with van der Waals surface area (Å²) in [5.74, 6) is -0.430. The number of esters is 1. The summed E-state index contributed by atoms with van der Waals surface area (Å²) in [5.41, 5.74) is 0.514. The van der Waals surface area contributed by atoms with E-state index in [4.69, 9.17) is 14.2 Å². The molecule has 9 nitrogen and oxygen atoms in total. The van der Waals surface area contributed by atoms with Gasteiger partial charge in [-0.05, 0) is 43.7 Å². The summed E-state index contributed by atoms with van der Waals surface area (Å²) < 4.78 is 15.6. The van der Waals surface area contributed by atoms with Gasteiger partial charge in [-0.25, -0.2) is 4.79 Å². The molecule has 0 N–H and O–H groups in total. The van der Waals surface area contributed by atoms with Crippen LogP contribution in [0.1, 0.15) is 29.8 Å².